The SMILES string of the molecule is COc1cc(OC)c(NC(=O)c2cccc3c2C(=O)N(C2CCCCC2)C3)cc1Cl. The zero-order valence-corrected chi connectivity index (χ0v) is 17.9. The van der Waals surface area contributed by atoms with Gasteiger partial charge in [-0.25, -0.2) is 0 Å². The van der Waals surface area contributed by atoms with Crippen LogP contribution in [-0.4, -0.2) is 37.0 Å². The number of halogens is 1. The minimum Gasteiger partial charge on any atom is -0.495 e. The number of hydrogen-bond acceptors (Lipinski definition) is 4. The van der Waals surface area contributed by atoms with Gasteiger partial charge in [-0.1, -0.05) is 43.0 Å². The van der Waals surface area contributed by atoms with E-state index in [9.17, 15) is 9.59 Å². The molecule has 0 radical (unpaired) electrons. The number of methoxy groups -OCH3 is 2. The standard InChI is InChI=1S/C23H25ClN2O4/c1-29-19-12-20(30-2)18(11-17(19)24)25-22(27)16-10-6-7-14-13-26(23(28)21(14)16)15-8-4-3-5-9-15/h6-7,10-12,15H,3-5,8-9,13H2,1-2H3,(H,25,27). The van der Waals surface area contributed by atoms with Gasteiger partial charge in [-0.3, -0.25) is 9.59 Å². The van der Waals surface area contributed by atoms with Crippen molar-refractivity contribution in [2.45, 2.75) is 44.7 Å². The minimum atomic E-state index is -0.370. The fraction of sp³-hybridized carbons (Fsp3) is 0.391. The van der Waals surface area contributed by atoms with Crippen molar-refractivity contribution in [2.24, 2.45) is 0 Å². The van der Waals surface area contributed by atoms with Crippen molar-refractivity contribution in [1.29, 1.82) is 0 Å². The molecule has 0 unspecified atom stereocenters. The van der Waals surface area contributed by atoms with Crippen molar-refractivity contribution in [2.75, 3.05) is 19.5 Å². The van der Waals surface area contributed by atoms with E-state index >= 15 is 0 Å². The van der Waals surface area contributed by atoms with Gasteiger partial charge in [-0.15, -0.1) is 0 Å². The van der Waals surface area contributed by atoms with Crippen molar-refractivity contribution in [3.8, 4) is 11.5 Å². The predicted molar refractivity (Wildman–Crippen MR) is 116 cm³/mol. The molecule has 1 aliphatic heterocycles. The van der Waals surface area contributed by atoms with E-state index < -0.39 is 0 Å². The molecule has 1 fully saturated rings. The molecule has 0 atom stereocenters. The Morgan fingerprint density at radius 1 is 1.10 bits per heavy atom. The van der Waals surface area contributed by atoms with Crippen molar-refractivity contribution < 1.29 is 19.1 Å². The van der Waals surface area contributed by atoms with E-state index in [1.165, 1.54) is 20.6 Å². The number of nitrogens with one attached hydrogen (secondary N) is 1. The Hall–Kier alpha value is -2.73. The van der Waals surface area contributed by atoms with Gasteiger partial charge in [0, 0.05) is 18.7 Å². The number of carbonyl (C=O) groups excluding carboxylic acids is 2. The summed E-state index contributed by atoms with van der Waals surface area (Å²) in [5.74, 6) is 0.449. The summed E-state index contributed by atoms with van der Waals surface area (Å²) >= 11 is 6.22. The molecule has 4 rings (SSSR count). The van der Waals surface area contributed by atoms with Crippen molar-refractivity contribution >= 4 is 29.1 Å². The average Bonchev–Trinajstić information content (AvgIpc) is 3.11. The molecule has 2 aliphatic rings. The third kappa shape index (κ3) is 3.72. The quantitative estimate of drug-likeness (QED) is 0.735. The van der Waals surface area contributed by atoms with Gasteiger partial charge in [-0.05, 0) is 30.5 Å². The smallest absolute Gasteiger partial charge is 0.256 e. The molecule has 2 aromatic carbocycles. The lowest BCUT2D eigenvalue weighted by Gasteiger charge is -2.30. The van der Waals surface area contributed by atoms with E-state index in [1.54, 1.807) is 18.2 Å². The van der Waals surface area contributed by atoms with Crippen LogP contribution in [0.3, 0.4) is 0 Å². The molecule has 0 bridgehead atoms. The van der Waals surface area contributed by atoms with E-state index in [1.807, 2.05) is 17.0 Å². The third-order valence-corrected chi connectivity index (χ3v) is 6.24. The first-order chi connectivity index (χ1) is 14.5. The summed E-state index contributed by atoms with van der Waals surface area (Å²) in [4.78, 5) is 28.3. The summed E-state index contributed by atoms with van der Waals surface area (Å²) < 4.78 is 10.6. The van der Waals surface area contributed by atoms with E-state index in [0.717, 1.165) is 31.2 Å². The van der Waals surface area contributed by atoms with Crippen molar-refractivity contribution in [3.63, 3.8) is 0 Å². The molecule has 1 aliphatic carbocycles. The van der Waals surface area contributed by atoms with E-state index in [-0.39, 0.29) is 17.9 Å². The molecule has 1 N–H and O–H groups in total. The van der Waals surface area contributed by atoms with Crippen LogP contribution >= 0.6 is 11.6 Å². The fourth-order valence-corrected chi connectivity index (χ4v) is 4.65. The Bertz CT molecular complexity index is 985. The van der Waals surface area contributed by atoms with Gasteiger partial charge in [0.1, 0.15) is 11.5 Å². The number of amides is 2. The largest absolute Gasteiger partial charge is 0.495 e. The number of carbonyl (C=O) groups is 2. The van der Waals surface area contributed by atoms with Crippen LogP contribution in [0.2, 0.25) is 5.02 Å². The number of fused-ring (bicyclic) bond motifs is 1. The number of hydrogen-bond donors (Lipinski definition) is 1. The molecular weight excluding hydrogens is 404 g/mol. The van der Waals surface area contributed by atoms with Gasteiger partial charge in [0.2, 0.25) is 0 Å². The van der Waals surface area contributed by atoms with E-state index in [2.05, 4.69) is 5.32 Å². The fourth-order valence-electron chi connectivity index (χ4n) is 4.41. The highest BCUT2D eigenvalue weighted by atomic mass is 35.5. The number of nitrogens with zero attached hydrogens (tertiary/aromatic N) is 1. The highest BCUT2D eigenvalue weighted by Gasteiger charge is 2.36. The summed E-state index contributed by atoms with van der Waals surface area (Å²) in [5.41, 5.74) is 2.18. The molecule has 0 aromatic heterocycles. The molecule has 0 spiro atoms. The number of benzene rings is 2. The van der Waals surface area contributed by atoms with Crippen LogP contribution in [-0.2, 0) is 6.54 Å². The molecule has 2 aromatic rings. The summed E-state index contributed by atoms with van der Waals surface area (Å²) in [6, 6.07) is 8.89. The maximum Gasteiger partial charge on any atom is 0.256 e. The molecule has 6 nitrogen and oxygen atoms in total. The summed E-state index contributed by atoms with van der Waals surface area (Å²) in [6.45, 7) is 0.567. The Labute approximate surface area is 181 Å². The number of ether oxygens (including phenoxy) is 2. The zero-order chi connectivity index (χ0) is 21.3. The third-order valence-electron chi connectivity index (χ3n) is 5.95. The van der Waals surface area contributed by atoms with Crippen LogP contribution in [0.15, 0.2) is 30.3 Å². The number of rotatable bonds is 5. The lowest BCUT2D eigenvalue weighted by atomic mass is 9.94. The Kier molecular flexibility index (Phi) is 5.86. The summed E-state index contributed by atoms with van der Waals surface area (Å²) in [5, 5.41) is 3.19. The van der Waals surface area contributed by atoms with Gasteiger partial charge in [0.05, 0.1) is 36.1 Å². The van der Waals surface area contributed by atoms with Gasteiger partial charge in [-0.2, -0.15) is 0 Å². The van der Waals surface area contributed by atoms with Crippen LogP contribution in [0.25, 0.3) is 0 Å². The Morgan fingerprint density at radius 3 is 2.53 bits per heavy atom. The molecule has 1 heterocycles. The number of anilines is 1. The Balaban J connectivity index is 1.61. The second-order valence-electron chi connectivity index (χ2n) is 7.71. The van der Waals surface area contributed by atoms with Gasteiger partial charge in [0.15, 0.2) is 0 Å². The van der Waals surface area contributed by atoms with Gasteiger partial charge < -0.3 is 19.7 Å². The highest BCUT2D eigenvalue weighted by molar-refractivity contribution is 6.32. The van der Waals surface area contributed by atoms with Crippen LogP contribution in [0.1, 0.15) is 58.4 Å². The lowest BCUT2D eigenvalue weighted by Crippen LogP contribution is -2.37. The molecule has 7 heteroatoms. The molecule has 2 amide bonds. The lowest BCUT2D eigenvalue weighted by molar-refractivity contribution is 0.0657. The van der Waals surface area contributed by atoms with Crippen LogP contribution < -0.4 is 14.8 Å². The first-order valence-electron chi connectivity index (χ1n) is 10.2. The maximum atomic E-state index is 13.2. The van der Waals surface area contributed by atoms with Gasteiger partial charge in [0.25, 0.3) is 11.8 Å². The summed E-state index contributed by atoms with van der Waals surface area (Å²) in [7, 11) is 3.01. The maximum absolute atomic E-state index is 13.2. The molecule has 158 valence electrons. The van der Waals surface area contributed by atoms with Gasteiger partial charge >= 0.3 is 0 Å². The van der Waals surface area contributed by atoms with Crippen LogP contribution in [0.5, 0.6) is 11.5 Å². The Morgan fingerprint density at radius 2 is 1.83 bits per heavy atom. The zero-order valence-electron chi connectivity index (χ0n) is 17.2. The summed E-state index contributed by atoms with van der Waals surface area (Å²) in [6.07, 6.45) is 5.59. The van der Waals surface area contributed by atoms with E-state index in [4.69, 9.17) is 21.1 Å². The second-order valence-corrected chi connectivity index (χ2v) is 8.11. The predicted octanol–water partition coefficient (Wildman–Crippen LogP) is 4.90. The highest BCUT2D eigenvalue weighted by Crippen LogP contribution is 2.37. The van der Waals surface area contributed by atoms with Crippen LogP contribution in [0.4, 0.5) is 5.69 Å². The van der Waals surface area contributed by atoms with Crippen molar-refractivity contribution in [1.82, 2.24) is 4.90 Å². The first-order valence-corrected chi connectivity index (χ1v) is 10.6. The minimum absolute atomic E-state index is 0.0534. The second kappa shape index (κ2) is 8.56. The first kappa shape index (κ1) is 20.5. The monoisotopic (exact) mass is 428 g/mol. The molecular formula is C23H25ClN2O4. The average molecular weight is 429 g/mol. The normalized spacial score (nSPS) is 16.4. The topological polar surface area (TPSA) is 67.9 Å². The molecule has 1 saturated carbocycles. The van der Waals surface area contributed by atoms with E-state index in [0.29, 0.717) is 39.9 Å². The van der Waals surface area contributed by atoms with Crippen LogP contribution in [0, 0.1) is 0 Å². The molecule has 0 saturated heterocycles. The van der Waals surface area contributed by atoms with Crippen molar-refractivity contribution in [3.05, 3.63) is 52.0 Å². The molecule has 30 heavy (non-hydrogen) atoms.